The third-order valence-corrected chi connectivity index (χ3v) is 6.24. The number of para-hydroxylation sites is 1. The molecule has 2 aliphatic rings. The summed E-state index contributed by atoms with van der Waals surface area (Å²) >= 11 is 0. The average Bonchev–Trinajstić information content (AvgIpc) is 3.31. The number of hydrogen-bond donors (Lipinski definition) is 0. The van der Waals surface area contributed by atoms with Gasteiger partial charge in [0.15, 0.2) is 6.10 Å². The van der Waals surface area contributed by atoms with Gasteiger partial charge in [-0.05, 0) is 54.3 Å². The molecule has 0 spiro atoms. The summed E-state index contributed by atoms with van der Waals surface area (Å²) in [5.74, 6) is -1.14. The summed E-state index contributed by atoms with van der Waals surface area (Å²) in [4.78, 5) is 34.5. The quantitative estimate of drug-likeness (QED) is 0.588. The zero-order valence-electron chi connectivity index (χ0n) is 17.6. The molecule has 0 aromatic heterocycles. The zero-order valence-corrected chi connectivity index (χ0v) is 17.6. The van der Waals surface area contributed by atoms with Crippen LogP contribution in [0.4, 0.5) is 11.4 Å². The topological polar surface area (TPSA) is 49.9 Å². The fraction of sp³-hybridized carbons (Fsp3) is 0.231. The van der Waals surface area contributed by atoms with Gasteiger partial charge in [-0.2, -0.15) is 0 Å². The number of hydrogen-bond acceptors (Lipinski definition) is 4. The lowest BCUT2D eigenvalue weighted by Gasteiger charge is -2.29. The lowest BCUT2D eigenvalue weighted by molar-refractivity contribution is -0.126. The van der Waals surface area contributed by atoms with Crippen molar-refractivity contribution in [3.63, 3.8) is 0 Å². The second-order valence-electron chi connectivity index (χ2n) is 8.05. The number of aryl methyl sites for hydroxylation is 2. The molecule has 156 valence electrons. The molecule has 3 aromatic rings. The van der Waals surface area contributed by atoms with E-state index < -0.39 is 12.0 Å². The van der Waals surface area contributed by atoms with Gasteiger partial charge in [-0.3, -0.25) is 14.4 Å². The summed E-state index contributed by atoms with van der Waals surface area (Å²) in [6.45, 7) is 4.10. The number of fused-ring (bicyclic) bond motifs is 1. The maximum Gasteiger partial charge on any atom is 0.266 e. The smallest absolute Gasteiger partial charge is 0.266 e. The van der Waals surface area contributed by atoms with E-state index >= 15 is 0 Å². The first-order valence-electron chi connectivity index (χ1n) is 10.6. The van der Waals surface area contributed by atoms with Crippen molar-refractivity contribution in [2.75, 3.05) is 9.96 Å². The highest BCUT2D eigenvalue weighted by atomic mass is 16.7. The third-order valence-electron chi connectivity index (χ3n) is 6.24. The number of amides is 2. The molecular formula is C26H24N2O3. The van der Waals surface area contributed by atoms with Crippen molar-refractivity contribution in [3.8, 4) is 0 Å². The number of anilines is 2. The van der Waals surface area contributed by atoms with Crippen LogP contribution in [-0.2, 0) is 20.8 Å². The fourth-order valence-corrected chi connectivity index (χ4v) is 4.58. The molecule has 0 radical (unpaired) electrons. The minimum Gasteiger partial charge on any atom is -0.273 e. The Morgan fingerprint density at radius 2 is 1.48 bits per heavy atom. The molecule has 2 fully saturated rings. The van der Waals surface area contributed by atoms with E-state index in [9.17, 15) is 9.59 Å². The molecule has 31 heavy (non-hydrogen) atoms. The molecule has 3 aromatic carbocycles. The first-order valence-corrected chi connectivity index (χ1v) is 10.6. The van der Waals surface area contributed by atoms with Gasteiger partial charge >= 0.3 is 0 Å². The molecular weight excluding hydrogens is 388 g/mol. The highest BCUT2D eigenvalue weighted by Crippen LogP contribution is 2.48. The molecule has 0 unspecified atom stereocenters. The van der Waals surface area contributed by atoms with E-state index in [1.54, 1.807) is 5.06 Å². The Kier molecular flexibility index (Phi) is 4.83. The van der Waals surface area contributed by atoms with Crippen LogP contribution >= 0.6 is 0 Å². The number of nitrogens with zero attached hydrogens (tertiary/aromatic N) is 2. The van der Waals surface area contributed by atoms with Crippen LogP contribution in [0.5, 0.6) is 0 Å². The van der Waals surface area contributed by atoms with E-state index in [2.05, 4.69) is 6.92 Å². The molecule has 5 nitrogen and oxygen atoms in total. The predicted octanol–water partition coefficient (Wildman–Crippen LogP) is 4.61. The third kappa shape index (κ3) is 3.13. The van der Waals surface area contributed by atoms with Gasteiger partial charge in [0.1, 0.15) is 5.92 Å². The van der Waals surface area contributed by atoms with E-state index in [1.807, 2.05) is 85.8 Å². The van der Waals surface area contributed by atoms with E-state index in [4.69, 9.17) is 4.84 Å². The second-order valence-corrected chi connectivity index (χ2v) is 8.05. The van der Waals surface area contributed by atoms with Gasteiger partial charge in [0.2, 0.25) is 5.91 Å². The summed E-state index contributed by atoms with van der Waals surface area (Å²) in [5.41, 5.74) is 4.63. The van der Waals surface area contributed by atoms with Gasteiger partial charge in [0.05, 0.1) is 17.4 Å². The largest absolute Gasteiger partial charge is 0.273 e. The standard InChI is InChI=1S/C26H24N2O3/c1-3-18-13-15-19(16-14-18)27-25(29)22-23(21-12-8-7-9-17(21)2)28(31-24(22)26(27)30)20-10-5-4-6-11-20/h4-16,22-24H,3H2,1-2H3/t22-,23-,24-/m0/s1. The van der Waals surface area contributed by atoms with Crippen molar-refractivity contribution in [3.05, 3.63) is 95.6 Å². The first-order chi connectivity index (χ1) is 15.1. The van der Waals surface area contributed by atoms with Gasteiger partial charge in [-0.15, -0.1) is 0 Å². The molecule has 0 aliphatic carbocycles. The fourth-order valence-electron chi connectivity index (χ4n) is 4.58. The molecule has 2 heterocycles. The monoisotopic (exact) mass is 412 g/mol. The lowest BCUT2D eigenvalue weighted by atomic mass is 9.88. The van der Waals surface area contributed by atoms with Crippen molar-refractivity contribution in [2.24, 2.45) is 5.92 Å². The Bertz CT molecular complexity index is 1130. The maximum absolute atomic E-state index is 13.6. The molecule has 2 saturated heterocycles. The predicted molar refractivity (Wildman–Crippen MR) is 120 cm³/mol. The van der Waals surface area contributed by atoms with E-state index in [0.29, 0.717) is 5.69 Å². The highest BCUT2D eigenvalue weighted by molar-refractivity contribution is 6.23. The van der Waals surface area contributed by atoms with Crippen LogP contribution in [0.15, 0.2) is 78.9 Å². The van der Waals surface area contributed by atoms with Crippen LogP contribution in [0, 0.1) is 12.8 Å². The number of carbonyl (C=O) groups is 2. The summed E-state index contributed by atoms with van der Waals surface area (Å²) in [5, 5.41) is 1.74. The van der Waals surface area contributed by atoms with Gasteiger partial charge in [-0.25, -0.2) is 9.96 Å². The minimum absolute atomic E-state index is 0.217. The Balaban J connectivity index is 1.58. The summed E-state index contributed by atoms with van der Waals surface area (Å²) in [6.07, 6.45) is 0.0564. The Hall–Kier alpha value is -3.44. The lowest BCUT2D eigenvalue weighted by Crippen LogP contribution is -2.37. The maximum atomic E-state index is 13.6. The second kappa shape index (κ2) is 7.67. The van der Waals surface area contributed by atoms with Crippen molar-refractivity contribution < 1.29 is 14.4 Å². The number of carbonyl (C=O) groups excluding carboxylic acids is 2. The van der Waals surface area contributed by atoms with Crippen LogP contribution in [0.25, 0.3) is 0 Å². The molecule has 0 saturated carbocycles. The molecule has 2 amide bonds. The molecule has 5 heteroatoms. The number of imide groups is 1. The first kappa shape index (κ1) is 19.5. The normalized spacial score (nSPS) is 22.8. The van der Waals surface area contributed by atoms with Crippen molar-refractivity contribution >= 4 is 23.2 Å². The van der Waals surface area contributed by atoms with Gasteiger partial charge in [-0.1, -0.05) is 61.5 Å². The van der Waals surface area contributed by atoms with Crippen molar-refractivity contribution in [1.82, 2.24) is 0 Å². The van der Waals surface area contributed by atoms with Crippen LogP contribution in [0.1, 0.15) is 29.7 Å². The Labute approximate surface area is 181 Å². The minimum atomic E-state index is -0.844. The molecule has 5 rings (SSSR count). The van der Waals surface area contributed by atoms with Crippen LogP contribution in [0.2, 0.25) is 0 Å². The molecule has 2 aliphatic heterocycles. The highest BCUT2D eigenvalue weighted by Gasteiger charge is 2.60. The van der Waals surface area contributed by atoms with Crippen LogP contribution < -0.4 is 9.96 Å². The van der Waals surface area contributed by atoms with Crippen LogP contribution in [-0.4, -0.2) is 17.9 Å². The van der Waals surface area contributed by atoms with E-state index in [1.165, 1.54) is 4.90 Å². The summed E-state index contributed by atoms with van der Waals surface area (Å²) in [6, 6.07) is 24.8. The Morgan fingerprint density at radius 1 is 0.806 bits per heavy atom. The van der Waals surface area contributed by atoms with Crippen molar-refractivity contribution in [1.29, 1.82) is 0 Å². The van der Waals surface area contributed by atoms with Gasteiger partial charge in [0, 0.05) is 0 Å². The summed E-state index contributed by atoms with van der Waals surface area (Å²) < 4.78 is 0. The molecule has 3 atom stereocenters. The average molecular weight is 412 g/mol. The zero-order chi connectivity index (χ0) is 21.5. The summed E-state index contributed by atoms with van der Waals surface area (Å²) in [7, 11) is 0. The molecule has 0 bridgehead atoms. The van der Waals surface area contributed by atoms with E-state index in [-0.39, 0.29) is 17.9 Å². The Morgan fingerprint density at radius 3 is 2.16 bits per heavy atom. The van der Waals surface area contributed by atoms with Gasteiger partial charge < -0.3 is 0 Å². The van der Waals surface area contributed by atoms with E-state index in [0.717, 1.165) is 28.8 Å². The van der Waals surface area contributed by atoms with Crippen LogP contribution in [0.3, 0.4) is 0 Å². The number of hydroxylamine groups is 1. The van der Waals surface area contributed by atoms with Crippen molar-refractivity contribution in [2.45, 2.75) is 32.4 Å². The van der Waals surface area contributed by atoms with Gasteiger partial charge in [0.25, 0.3) is 5.91 Å². The molecule has 0 N–H and O–H groups in total. The SMILES string of the molecule is CCc1ccc(N2C(=O)[C@@H]3[C@H](ON(c4ccccc4)[C@H]3c3ccccc3C)C2=O)cc1. The number of rotatable bonds is 4. The number of benzene rings is 3.